The van der Waals surface area contributed by atoms with Crippen LogP contribution in [0.5, 0.6) is 0 Å². The van der Waals surface area contributed by atoms with Crippen LogP contribution in [0.3, 0.4) is 0 Å². The number of Topliss-reactive ketones (excluding diaryl/α,β-unsaturated/α-hetero) is 1. The Kier molecular flexibility index (Phi) is 4.50. The third-order valence-electron chi connectivity index (χ3n) is 2.02. The molecule has 0 unspecified atom stereocenters. The fraction of sp³-hybridized carbons (Fsp3) is 0.333. The van der Waals surface area contributed by atoms with Gasteiger partial charge in [-0.25, -0.2) is 0 Å². The average Bonchev–Trinajstić information content (AvgIpc) is 2.16. The number of esters is 1. The minimum atomic E-state index is -0.521. The van der Waals surface area contributed by atoms with Gasteiger partial charge >= 0.3 is 5.97 Å². The maximum atomic E-state index is 11.1. The summed E-state index contributed by atoms with van der Waals surface area (Å²) in [6, 6.07) is 6.90. The molecule has 16 heavy (non-hydrogen) atoms. The lowest BCUT2D eigenvalue weighted by Gasteiger charge is -2.15. The predicted molar refractivity (Wildman–Crippen MR) is 61.3 cm³/mol. The van der Waals surface area contributed by atoms with E-state index in [0.717, 1.165) is 5.56 Å². The molecule has 0 amide bonds. The monoisotopic (exact) mass is 240 g/mol. The number of hydrogen-bond acceptors (Lipinski definition) is 3. The highest BCUT2D eigenvalue weighted by molar-refractivity contribution is 6.30. The molecule has 0 saturated carbocycles. The molecule has 0 aliphatic carbocycles. The second-order valence-corrected chi connectivity index (χ2v) is 3.99. The van der Waals surface area contributed by atoms with Gasteiger partial charge in [-0.2, -0.15) is 0 Å². The first-order valence-electron chi connectivity index (χ1n) is 4.91. The van der Waals surface area contributed by atoms with E-state index in [1.54, 1.807) is 24.3 Å². The number of carbonyl (C=O) groups excluding carboxylic acids is 2. The van der Waals surface area contributed by atoms with Crippen LogP contribution in [0.1, 0.15) is 31.9 Å². The summed E-state index contributed by atoms with van der Waals surface area (Å²) < 4.78 is 5.08. The molecule has 4 heteroatoms. The Morgan fingerprint density at radius 2 is 1.81 bits per heavy atom. The molecule has 0 spiro atoms. The molecule has 1 rings (SSSR count). The SMILES string of the molecule is CC(=O)C[C@H](OC(C)=O)c1ccc(Cl)cc1. The molecule has 0 bridgehead atoms. The summed E-state index contributed by atoms with van der Waals surface area (Å²) in [5, 5.41) is 0.605. The van der Waals surface area contributed by atoms with Crippen LogP contribution in [0.15, 0.2) is 24.3 Å². The summed E-state index contributed by atoms with van der Waals surface area (Å²) in [6.07, 6.45) is -0.339. The van der Waals surface area contributed by atoms with Gasteiger partial charge in [0.25, 0.3) is 0 Å². The van der Waals surface area contributed by atoms with Crippen molar-refractivity contribution in [1.29, 1.82) is 0 Å². The van der Waals surface area contributed by atoms with E-state index in [0.29, 0.717) is 5.02 Å². The largest absolute Gasteiger partial charge is 0.457 e. The van der Waals surface area contributed by atoms with Gasteiger partial charge < -0.3 is 4.74 Å². The molecular weight excluding hydrogens is 228 g/mol. The normalized spacial score (nSPS) is 11.9. The molecule has 1 aromatic carbocycles. The van der Waals surface area contributed by atoms with Gasteiger partial charge in [-0.05, 0) is 24.6 Å². The van der Waals surface area contributed by atoms with Crippen LogP contribution in [-0.2, 0) is 14.3 Å². The molecule has 1 aromatic rings. The average molecular weight is 241 g/mol. The first-order valence-corrected chi connectivity index (χ1v) is 5.29. The van der Waals surface area contributed by atoms with Gasteiger partial charge in [0, 0.05) is 18.4 Å². The van der Waals surface area contributed by atoms with Gasteiger partial charge in [-0.15, -0.1) is 0 Å². The molecule has 0 radical (unpaired) electrons. The third kappa shape index (κ3) is 4.03. The van der Waals surface area contributed by atoms with Crippen molar-refractivity contribution in [2.24, 2.45) is 0 Å². The topological polar surface area (TPSA) is 43.4 Å². The molecule has 0 aliphatic heterocycles. The highest BCUT2D eigenvalue weighted by Gasteiger charge is 2.16. The van der Waals surface area contributed by atoms with Crippen LogP contribution in [0, 0.1) is 0 Å². The molecule has 1 atom stereocenters. The zero-order valence-electron chi connectivity index (χ0n) is 9.20. The lowest BCUT2D eigenvalue weighted by molar-refractivity contribution is -0.147. The van der Waals surface area contributed by atoms with Crippen molar-refractivity contribution in [3.63, 3.8) is 0 Å². The summed E-state index contributed by atoms with van der Waals surface area (Å²) in [5.74, 6) is -0.428. The molecule has 0 N–H and O–H groups in total. The first kappa shape index (κ1) is 12.7. The number of carbonyl (C=O) groups is 2. The minimum absolute atomic E-state index is 0.0267. The summed E-state index contributed by atoms with van der Waals surface area (Å²) in [5.41, 5.74) is 0.773. The minimum Gasteiger partial charge on any atom is -0.457 e. The Hall–Kier alpha value is -1.35. The number of ether oxygens (including phenoxy) is 1. The number of halogens is 1. The third-order valence-corrected chi connectivity index (χ3v) is 2.27. The highest BCUT2D eigenvalue weighted by Crippen LogP contribution is 2.23. The summed E-state index contributed by atoms with van der Waals surface area (Å²) in [7, 11) is 0. The maximum absolute atomic E-state index is 11.1. The van der Waals surface area contributed by atoms with Crippen molar-refractivity contribution in [2.75, 3.05) is 0 Å². The van der Waals surface area contributed by atoms with Gasteiger partial charge in [0.2, 0.25) is 0 Å². The van der Waals surface area contributed by atoms with E-state index in [9.17, 15) is 9.59 Å². The number of ketones is 1. The van der Waals surface area contributed by atoms with Crippen molar-refractivity contribution in [3.05, 3.63) is 34.9 Å². The molecule has 0 heterocycles. The van der Waals surface area contributed by atoms with E-state index in [4.69, 9.17) is 16.3 Å². The fourth-order valence-electron chi connectivity index (χ4n) is 1.37. The zero-order valence-corrected chi connectivity index (χ0v) is 9.95. The highest BCUT2D eigenvalue weighted by atomic mass is 35.5. The molecule has 86 valence electrons. The van der Waals surface area contributed by atoms with Crippen LogP contribution >= 0.6 is 11.6 Å². The summed E-state index contributed by atoms with van der Waals surface area (Å²) in [4.78, 5) is 22.0. The van der Waals surface area contributed by atoms with Crippen LogP contribution < -0.4 is 0 Å². The van der Waals surface area contributed by atoms with Gasteiger partial charge in [-0.3, -0.25) is 9.59 Å². The van der Waals surface area contributed by atoms with Gasteiger partial charge in [0.15, 0.2) is 0 Å². The van der Waals surface area contributed by atoms with Crippen molar-refractivity contribution in [1.82, 2.24) is 0 Å². The van der Waals surface area contributed by atoms with Crippen molar-refractivity contribution in [3.8, 4) is 0 Å². The summed E-state index contributed by atoms with van der Waals surface area (Å²) >= 11 is 5.75. The Morgan fingerprint density at radius 1 is 1.25 bits per heavy atom. The van der Waals surface area contributed by atoms with E-state index in [2.05, 4.69) is 0 Å². The molecular formula is C12H13ClO3. The first-order chi connectivity index (χ1) is 7.49. The van der Waals surface area contributed by atoms with E-state index < -0.39 is 12.1 Å². The standard InChI is InChI=1S/C12H13ClO3/c1-8(14)7-12(16-9(2)15)10-3-5-11(13)6-4-10/h3-6,12H,7H2,1-2H3/t12-/m0/s1. The van der Waals surface area contributed by atoms with Gasteiger partial charge in [0.05, 0.1) is 0 Å². The second-order valence-electron chi connectivity index (χ2n) is 3.56. The zero-order chi connectivity index (χ0) is 12.1. The van der Waals surface area contributed by atoms with Crippen molar-refractivity contribution < 1.29 is 14.3 Å². The Bertz CT molecular complexity index is 368. The quantitative estimate of drug-likeness (QED) is 0.760. The van der Waals surface area contributed by atoms with E-state index >= 15 is 0 Å². The molecule has 3 nitrogen and oxygen atoms in total. The van der Waals surface area contributed by atoms with Gasteiger partial charge in [-0.1, -0.05) is 23.7 Å². The van der Waals surface area contributed by atoms with Crippen LogP contribution in [0.25, 0.3) is 0 Å². The fourth-order valence-corrected chi connectivity index (χ4v) is 1.49. The number of hydrogen-bond donors (Lipinski definition) is 0. The van der Waals surface area contributed by atoms with E-state index in [1.165, 1.54) is 13.8 Å². The summed E-state index contributed by atoms with van der Waals surface area (Å²) in [6.45, 7) is 2.79. The number of benzene rings is 1. The predicted octanol–water partition coefficient (Wildman–Crippen LogP) is 2.92. The van der Waals surface area contributed by atoms with Crippen LogP contribution in [0.2, 0.25) is 5.02 Å². The molecule has 0 fully saturated rings. The van der Waals surface area contributed by atoms with Gasteiger partial charge in [0.1, 0.15) is 11.9 Å². The molecule has 0 aliphatic rings. The molecule has 0 aromatic heterocycles. The number of rotatable bonds is 4. The van der Waals surface area contributed by atoms with Crippen molar-refractivity contribution >= 4 is 23.4 Å². The van der Waals surface area contributed by atoms with E-state index in [-0.39, 0.29) is 12.2 Å². The van der Waals surface area contributed by atoms with Crippen LogP contribution in [-0.4, -0.2) is 11.8 Å². The second kappa shape index (κ2) is 5.66. The lowest BCUT2D eigenvalue weighted by Crippen LogP contribution is -2.11. The Labute approximate surface area is 99.4 Å². The smallest absolute Gasteiger partial charge is 0.303 e. The lowest BCUT2D eigenvalue weighted by atomic mass is 10.0. The Balaban J connectivity index is 2.86. The Morgan fingerprint density at radius 3 is 2.25 bits per heavy atom. The molecule has 0 saturated heterocycles. The van der Waals surface area contributed by atoms with E-state index in [1.807, 2.05) is 0 Å². The maximum Gasteiger partial charge on any atom is 0.303 e. The van der Waals surface area contributed by atoms with Crippen LogP contribution in [0.4, 0.5) is 0 Å². The van der Waals surface area contributed by atoms with Crippen molar-refractivity contribution in [2.45, 2.75) is 26.4 Å².